The maximum atomic E-state index is 11.3. The number of nitro benzene ring substituents is 1. The second kappa shape index (κ2) is 5.83. The molecule has 1 aliphatic heterocycles. The Kier molecular flexibility index (Phi) is 3.85. The smallest absolute Gasteiger partial charge is 0.308 e. The Labute approximate surface area is 132 Å². The number of hydrogen-bond acceptors (Lipinski definition) is 5. The number of anilines is 1. The molecule has 0 bridgehead atoms. The van der Waals surface area contributed by atoms with E-state index in [1.54, 1.807) is 18.3 Å². The van der Waals surface area contributed by atoms with Crippen LogP contribution in [0.15, 0.2) is 30.5 Å². The minimum atomic E-state index is -0.794. The van der Waals surface area contributed by atoms with E-state index < -0.39 is 16.8 Å². The van der Waals surface area contributed by atoms with Crippen molar-refractivity contribution in [2.75, 3.05) is 18.0 Å². The van der Waals surface area contributed by atoms with E-state index in [2.05, 4.69) is 4.98 Å². The Morgan fingerprint density at radius 2 is 2.17 bits per heavy atom. The van der Waals surface area contributed by atoms with Crippen LogP contribution in [0.3, 0.4) is 0 Å². The molecule has 1 aromatic carbocycles. The van der Waals surface area contributed by atoms with Gasteiger partial charge in [0, 0.05) is 36.8 Å². The molecule has 7 nitrogen and oxygen atoms in total. The lowest BCUT2D eigenvalue weighted by Crippen LogP contribution is -2.43. The Morgan fingerprint density at radius 3 is 2.87 bits per heavy atom. The molecular formula is C16H17N3O4. The van der Waals surface area contributed by atoms with Gasteiger partial charge in [-0.3, -0.25) is 14.9 Å². The predicted molar refractivity (Wildman–Crippen MR) is 85.5 cm³/mol. The summed E-state index contributed by atoms with van der Waals surface area (Å²) >= 11 is 0. The molecule has 1 N–H and O–H groups in total. The van der Waals surface area contributed by atoms with Gasteiger partial charge in [-0.1, -0.05) is 6.92 Å². The van der Waals surface area contributed by atoms with Crippen molar-refractivity contribution < 1.29 is 14.8 Å². The maximum Gasteiger partial charge on any atom is 0.308 e. The number of aliphatic carboxylic acids is 1. The number of hydrogen-bond donors (Lipinski definition) is 1. The third kappa shape index (κ3) is 2.94. The Hall–Kier alpha value is -2.70. The lowest BCUT2D eigenvalue weighted by atomic mass is 9.90. The first-order valence-electron chi connectivity index (χ1n) is 7.46. The number of benzene rings is 1. The van der Waals surface area contributed by atoms with Crippen LogP contribution in [0.5, 0.6) is 0 Å². The van der Waals surface area contributed by atoms with E-state index >= 15 is 0 Å². The third-order valence-corrected chi connectivity index (χ3v) is 4.25. The molecular weight excluding hydrogens is 298 g/mol. The zero-order valence-corrected chi connectivity index (χ0v) is 12.7. The van der Waals surface area contributed by atoms with E-state index in [4.69, 9.17) is 0 Å². The van der Waals surface area contributed by atoms with E-state index in [9.17, 15) is 20.0 Å². The van der Waals surface area contributed by atoms with Gasteiger partial charge in [-0.25, -0.2) is 4.98 Å². The average Bonchev–Trinajstić information content (AvgIpc) is 2.53. The van der Waals surface area contributed by atoms with E-state index in [1.165, 1.54) is 12.1 Å². The van der Waals surface area contributed by atoms with Gasteiger partial charge >= 0.3 is 5.97 Å². The first kappa shape index (κ1) is 15.2. The molecule has 1 fully saturated rings. The summed E-state index contributed by atoms with van der Waals surface area (Å²) in [5, 5.41) is 21.7. The number of piperidine rings is 1. The van der Waals surface area contributed by atoms with Gasteiger partial charge < -0.3 is 10.0 Å². The van der Waals surface area contributed by atoms with Crippen LogP contribution in [0.25, 0.3) is 10.8 Å². The van der Waals surface area contributed by atoms with Gasteiger partial charge in [-0.2, -0.15) is 0 Å². The summed E-state index contributed by atoms with van der Waals surface area (Å²) in [6.07, 6.45) is 2.26. The Bertz CT molecular complexity index is 777. The molecule has 0 spiro atoms. The lowest BCUT2D eigenvalue weighted by Gasteiger charge is -2.36. The summed E-state index contributed by atoms with van der Waals surface area (Å²) in [5.74, 6) is -0.276. The Morgan fingerprint density at radius 1 is 1.39 bits per heavy atom. The topological polar surface area (TPSA) is 96.6 Å². The number of carbonyl (C=O) groups is 1. The SMILES string of the molecule is CC1CC(C(=O)O)CN(c2nccc3cc([N+](=O)[O-])ccc23)C1. The van der Waals surface area contributed by atoms with Gasteiger partial charge in [-0.05, 0) is 29.9 Å². The van der Waals surface area contributed by atoms with Crippen LogP contribution >= 0.6 is 0 Å². The zero-order chi connectivity index (χ0) is 16.6. The van der Waals surface area contributed by atoms with Gasteiger partial charge in [0.15, 0.2) is 0 Å². The van der Waals surface area contributed by atoms with Crippen molar-refractivity contribution in [2.24, 2.45) is 11.8 Å². The zero-order valence-electron chi connectivity index (χ0n) is 12.7. The molecule has 2 heterocycles. The number of pyridine rings is 1. The molecule has 0 saturated carbocycles. The molecule has 1 aliphatic rings. The second-order valence-electron chi connectivity index (χ2n) is 6.08. The number of carboxylic acids is 1. The van der Waals surface area contributed by atoms with Gasteiger partial charge in [0.05, 0.1) is 10.8 Å². The summed E-state index contributed by atoms with van der Waals surface area (Å²) in [6.45, 7) is 3.16. The van der Waals surface area contributed by atoms with Crippen molar-refractivity contribution in [3.63, 3.8) is 0 Å². The predicted octanol–water partition coefficient (Wildman–Crippen LogP) is 2.69. The first-order chi connectivity index (χ1) is 11.0. The van der Waals surface area contributed by atoms with Crippen LogP contribution in [-0.4, -0.2) is 34.1 Å². The molecule has 2 atom stereocenters. The summed E-state index contributed by atoms with van der Waals surface area (Å²) in [7, 11) is 0. The summed E-state index contributed by atoms with van der Waals surface area (Å²) in [4.78, 5) is 28.2. The highest BCUT2D eigenvalue weighted by atomic mass is 16.6. The summed E-state index contributed by atoms with van der Waals surface area (Å²) in [5.41, 5.74) is 0.0325. The standard InChI is InChI=1S/C16H17N3O4/c1-10-6-12(16(20)21)9-18(8-10)15-14-3-2-13(19(22)23)7-11(14)4-5-17-15/h2-5,7,10,12H,6,8-9H2,1H3,(H,20,21). The molecule has 1 saturated heterocycles. The van der Waals surface area contributed by atoms with E-state index in [-0.39, 0.29) is 11.6 Å². The van der Waals surface area contributed by atoms with Crippen LogP contribution in [0.4, 0.5) is 11.5 Å². The van der Waals surface area contributed by atoms with Gasteiger partial charge in [0.25, 0.3) is 5.69 Å². The highest BCUT2D eigenvalue weighted by molar-refractivity contribution is 5.93. The average molecular weight is 315 g/mol. The Balaban J connectivity index is 2.02. The van der Waals surface area contributed by atoms with Crippen LogP contribution in [0, 0.1) is 22.0 Å². The molecule has 23 heavy (non-hydrogen) atoms. The number of nitro groups is 1. The molecule has 0 radical (unpaired) electrons. The van der Waals surface area contributed by atoms with Crippen molar-refractivity contribution in [3.8, 4) is 0 Å². The fourth-order valence-corrected chi connectivity index (χ4v) is 3.22. The van der Waals surface area contributed by atoms with Crippen molar-refractivity contribution >= 4 is 28.2 Å². The molecule has 0 amide bonds. The maximum absolute atomic E-state index is 11.3. The third-order valence-electron chi connectivity index (χ3n) is 4.25. The molecule has 1 aromatic heterocycles. The second-order valence-corrected chi connectivity index (χ2v) is 6.08. The molecule has 120 valence electrons. The highest BCUT2D eigenvalue weighted by Gasteiger charge is 2.30. The molecule has 7 heteroatoms. The lowest BCUT2D eigenvalue weighted by molar-refractivity contribution is -0.384. The van der Waals surface area contributed by atoms with Crippen LogP contribution < -0.4 is 4.90 Å². The number of fused-ring (bicyclic) bond motifs is 1. The summed E-state index contributed by atoms with van der Waals surface area (Å²) in [6, 6.07) is 6.39. The monoisotopic (exact) mass is 315 g/mol. The fourth-order valence-electron chi connectivity index (χ4n) is 3.22. The number of nitrogens with zero attached hydrogens (tertiary/aromatic N) is 3. The molecule has 2 aromatic rings. The molecule has 2 unspecified atom stereocenters. The first-order valence-corrected chi connectivity index (χ1v) is 7.46. The fraction of sp³-hybridized carbons (Fsp3) is 0.375. The number of aromatic nitrogens is 1. The minimum Gasteiger partial charge on any atom is -0.481 e. The van der Waals surface area contributed by atoms with E-state index in [0.717, 1.165) is 17.3 Å². The molecule has 0 aliphatic carbocycles. The van der Waals surface area contributed by atoms with Crippen molar-refractivity contribution in [1.29, 1.82) is 0 Å². The highest BCUT2D eigenvalue weighted by Crippen LogP contribution is 2.31. The van der Waals surface area contributed by atoms with Crippen molar-refractivity contribution in [1.82, 2.24) is 4.98 Å². The number of rotatable bonds is 3. The van der Waals surface area contributed by atoms with Gasteiger partial charge in [-0.15, -0.1) is 0 Å². The van der Waals surface area contributed by atoms with Gasteiger partial charge in [0.1, 0.15) is 5.82 Å². The van der Waals surface area contributed by atoms with Crippen molar-refractivity contribution in [3.05, 3.63) is 40.6 Å². The van der Waals surface area contributed by atoms with E-state index in [1.807, 2.05) is 11.8 Å². The van der Waals surface area contributed by atoms with Crippen molar-refractivity contribution in [2.45, 2.75) is 13.3 Å². The van der Waals surface area contributed by atoms with Gasteiger partial charge in [0.2, 0.25) is 0 Å². The number of carboxylic acid groups (broad SMARTS) is 1. The minimum absolute atomic E-state index is 0.0325. The van der Waals surface area contributed by atoms with Crippen LogP contribution in [0.2, 0.25) is 0 Å². The summed E-state index contributed by atoms with van der Waals surface area (Å²) < 4.78 is 0. The normalized spacial score (nSPS) is 21.3. The number of non-ortho nitro benzene ring substituents is 1. The molecule has 3 rings (SSSR count). The van der Waals surface area contributed by atoms with Crippen LogP contribution in [-0.2, 0) is 4.79 Å². The quantitative estimate of drug-likeness (QED) is 0.691. The largest absolute Gasteiger partial charge is 0.481 e. The van der Waals surface area contributed by atoms with E-state index in [0.29, 0.717) is 18.8 Å². The van der Waals surface area contributed by atoms with Crippen LogP contribution in [0.1, 0.15) is 13.3 Å².